The molecule has 7 aliphatic heterocycles. The molecule has 12 rings (SSSR count). The van der Waals surface area contributed by atoms with Crippen molar-refractivity contribution in [2.75, 3.05) is 20.3 Å². The number of hydrogen-bond donors (Lipinski definition) is 19. The van der Waals surface area contributed by atoms with Gasteiger partial charge in [-0.15, -0.1) is 0 Å². The normalized spacial score (nSPS) is 32.9. The Morgan fingerprint density at radius 1 is 0.770 bits per heavy atom. The lowest BCUT2D eigenvalue weighted by atomic mass is 9.75. The van der Waals surface area contributed by atoms with Crippen molar-refractivity contribution in [3.8, 4) is 28.7 Å². The van der Waals surface area contributed by atoms with E-state index in [-0.39, 0.29) is 92.3 Å². The minimum Gasteiger partial charge on any atom is -0.512 e. The minimum atomic E-state index is -2.05. The highest BCUT2D eigenvalue weighted by Crippen LogP contribution is 2.49. The summed E-state index contributed by atoms with van der Waals surface area (Å²) in [7, 11) is 1.50. The molecule has 11 bridgehead atoms. The molecule has 3 aromatic carbocycles. The molecule has 3 fully saturated rings. The molecule has 100 heavy (non-hydrogen) atoms. The van der Waals surface area contributed by atoms with E-state index in [2.05, 4.69) is 37.2 Å². The van der Waals surface area contributed by atoms with Crippen LogP contribution in [0.1, 0.15) is 94.7 Å². The molecule has 0 aromatic heterocycles. The van der Waals surface area contributed by atoms with E-state index in [4.69, 9.17) is 75.3 Å². The Bertz CT molecular complexity index is 3820. The van der Waals surface area contributed by atoms with Gasteiger partial charge >= 0.3 is 0 Å². The number of carbonyl (C=O) groups excluding carboxylic acids is 6. The molecule has 542 valence electrons. The molecule has 34 heteroatoms. The van der Waals surface area contributed by atoms with E-state index in [0.717, 1.165) is 0 Å². The van der Waals surface area contributed by atoms with E-state index in [1.165, 1.54) is 87.7 Å². The smallest absolute Gasteiger partial charge is 0.247 e. The van der Waals surface area contributed by atoms with Gasteiger partial charge < -0.3 is 128 Å². The largest absolute Gasteiger partial charge is 0.512 e. The highest BCUT2D eigenvalue weighted by atomic mass is 35.5. The van der Waals surface area contributed by atoms with Gasteiger partial charge in [0, 0.05) is 29.9 Å². The number of primary amides is 1. The van der Waals surface area contributed by atoms with Gasteiger partial charge in [-0.05, 0) is 116 Å². The van der Waals surface area contributed by atoms with Crippen LogP contribution in [-0.2, 0) is 43.0 Å². The van der Waals surface area contributed by atoms with Crippen LogP contribution < -0.4 is 62.9 Å². The number of aliphatic hydroxyl groups excluding tert-OH is 10. The molecular formula is C66H81Cl2N9O22S. The number of carbonyl (C=O) groups is 6. The molecule has 0 spiro atoms. The van der Waals surface area contributed by atoms with Crippen molar-refractivity contribution in [1.82, 2.24) is 37.2 Å². The van der Waals surface area contributed by atoms with Crippen molar-refractivity contribution in [1.29, 1.82) is 0 Å². The molecule has 0 saturated carbocycles. The third-order valence-corrected chi connectivity index (χ3v) is 19.4. The SMILES string of the molecule is CN[C@H](CC(C)C)C(=O)N[C@H]1C(=O)N[C@@H](CC(N)=O)C(=O)N[C@H]2C(=S)N[C@H]3C(=O)N[C@H](C(=O)N[C@H](CO)C4=CC(O)CC(O)=C4C4CC3=CC=C4O)[C@H](O)c3ccc(c(Cl)c3)Oc3cc2cc(c3O[C@H]2OC(CO)C(O)[C@H](O)C2O[C@H]2CC(C)(N)[C@H](O)C(C)O2)Oc2ccc(cc2Cl)[C@H]1O. The zero-order valence-corrected chi connectivity index (χ0v) is 56.9. The van der Waals surface area contributed by atoms with Crippen LogP contribution in [-0.4, -0.2) is 209 Å². The van der Waals surface area contributed by atoms with Crippen LogP contribution in [0.3, 0.4) is 0 Å². The van der Waals surface area contributed by atoms with Crippen molar-refractivity contribution >= 4 is 75.9 Å². The third kappa shape index (κ3) is 16.0. The van der Waals surface area contributed by atoms with E-state index in [0.29, 0.717) is 0 Å². The topological polar surface area (TPSA) is 496 Å². The Balaban J connectivity index is 1.22. The molecule has 6 amide bonds. The number of thiocarbonyl (C=S) groups is 1. The predicted octanol–water partition coefficient (Wildman–Crippen LogP) is -0.123. The van der Waals surface area contributed by atoms with Gasteiger partial charge in [-0.3, -0.25) is 28.8 Å². The lowest BCUT2D eigenvalue weighted by Gasteiger charge is -2.47. The number of benzene rings is 3. The second-order valence-electron chi connectivity index (χ2n) is 26.3. The maximum absolute atomic E-state index is 15.5. The van der Waals surface area contributed by atoms with Crippen molar-refractivity contribution < 1.29 is 108 Å². The molecule has 21 N–H and O–H groups in total. The van der Waals surface area contributed by atoms with Gasteiger partial charge in [-0.1, -0.05) is 67.5 Å². The lowest BCUT2D eigenvalue weighted by molar-refractivity contribution is -0.333. The number of ether oxygens (including phenoxy) is 6. The zero-order valence-electron chi connectivity index (χ0n) is 54.5. The lowest BCUT2D eigenvalue weighted by Crippen LogP contribution is -2.64. The summed E-state index contributed by atoms with van der Waals surface area (Å²) in [6, 6.07) is -2.38. The molecule has 31 nitrogen and oxygen atoms in total. The molecule has 7 unspecified atom stereocenters. The van der Waals surface area contributed by atoms with E-state index in [1.807, 2.05) is 13.8 Å². The van der Waals surface area contributed by atoms with Crippen molar-refractivity contribution in [2.24, 2.45) is 23.3 Å². The number of amides is 6. The first-order valence-corrected chi connectivity index (χ1v) is 33.3. The van der Waals surface area contributed by atoms with Gasteiger partial charge in [-0.2, -0.15) is 0 Å². The molecule has 9 aliphatic rings. The first-order chi connectivity index (χ1) is 47.3. The summed E-state index contributed by atoms with van der Waals surface area (Å²) in [5.41, 5.74) is 10.5. The number of likely N-dealkylation sites (N-methyl/N-ethyl adjacent to an activating group) is 1. The molecule has 20 atom stereocenters. The summed E-state index contributed by atoms with van der Waals surface area (Å²) in [5, 5.41) is 133. The van der Waals surface area contributed by atoms with Crippen LogP contribution in [0.15, 0.2) is 95.0 Å². The predicted molar refractivity (Wildman–Crippen MR) is 357 cm³/mol. The summed E-state index contributed by atoms with van der Waals surface area (Å²) in [6.07, 6.45) is -16.0. The maximum Gasteiger partial charge on any atom is 0.247 e. The fourth-order valence-electron chi connectivity index (χ4n) is 13.1. The molecule has 0 radical (unpaired) electrons. The second-order valence-corrected chi connectivity index (χ2v) is 27.6. The van der Waals surface area contributed by atoms with Gasteiger partial charge in [0.2, 0.25) is 47.5 Å². The minimum absolute atomic E-state index is 0.0284. The van der Waals surface area contributed by atoms with Crippen molar-refractivity contribution in [3.05, 3.63) is 122 Å². The second kappa shape index (κ2) is 30.9. The summed E-state index contributed by atoms with van der Waals surface area (Å²) >= 11 is 20.5. The maximum atomic E-state index is 15.5. The van der Waals surface area contributed by atoms with Gasteiger partial charge in [0.05, 0.1) is 65.8 Å². The summed E-state index contributed by atoms with van der Waals surface area (Å²) < 4.78 is 38.7. The number of aliphatic hydroxyl groups is 10. The van der Waals surface area contributed by atoms with Crippen LogP contribution in [0.5, 0.6) is 28.7 Å². The summed E-state index contributed by atoms with van der Waals surface area (Å²) in [6.45, 7) is 4.94. The van der Waals surface area contributed by atoms with Crippen LogP contribution in [0.4, 0.5) is 0 Å². The van der Waals surface area contributed by atoms with E-state index < -0.39 is 204 Å². The Labute approximate surface area is 587 Å². The first-order valence-electron chi connectivity index (χ1n) is 32.2. The number of nitrogens with two attached hydrogens (primary N) is 2. The average Bonchev–Trinajstić information content (AvgIpc) is 0.770. The van der Waals surface area contributed by atoms with Crippen molar-refractivity contribution in [3.63, 3.8) is 0 Å². The monoisotopic (exact) mass is 1450 g/mol. The Hall–Kier alpha value is -7.61. The van der Waals surface area contributed by atoms with E-state index >= 15 is 9.59 Å². The van der Waals surface area contributed by atoms with Gasteiger partial charge in [0.1, 0.15) is 83.0 Å². The van der Waals surface area contributed by atoms with E-state index in [9.17, 15) is 70.2 Å². The molecular weight excluding hydrogens is 1370 g/mol. The standard InChI is InChI=1S/C66H81Cl2N9O22S/c1-24(2)12-35(71-5)59(89)75-50-52(84)27-7-10-40(33(67)14-27)95-42-16-29-17-43(56(42)99-65-57(55(87)54(86)44(23-79)97-65)98-46-21-66(4,70)58(88)25(3)94-46)96-41-11-8-28(15-34(41)68)53(85)51-63(93)73-37(22-78)31-18-30(80)19-39(82)47(31)32-13-26(6-9-38(32)81)48(61(91)76-51)77-64(100)49(29)74-60(90)36(20-45(69)83)72-62(50)92/h6-11,14-18,24-25,30,32,35-37,44,46,48-55,57-58,65,71,78-82,84-88H,12-13,19-23,70H2,1-5H3,(H2,69,83)(H,72,92)(H,73,93)(H,74,90)(H,75,89)(H,76,91)(H,77,100)/t25?,30?,32?,35-,36+,37-,44?,46+,48-,49-,50-,51+,52-,53-,54?,55+,57?,58-,65-,66?/m1/s1. The quantitative estimate of drug-likeness (QED) is 0.0992. The number of allylic oxidation sites excluding steroid dienone is 3. The molecule has 2 aliphatic carbocycles. The average molecular weight is 1460 g/mol. The fraction of sp³-hybridized carbons (Fsp3) is 0.500. The van der Waals surface area contributed by atoms with Gasteiger partial charge in [0.25, 0.3) is 0 Å². The number of rotatable bonds is 13. The Morgan fingerprint density at radius 2 is 1.41 bits per heavy atom. The summed E-state index contributed by atoms with van der Waals surface area (Å²) in [4.78, 5) is 87.5. The third-order valence-electron chi connectivity index (χ3n) is 18.4. The van der Waals surface area contributed by atoms with Crippen LogP contribution in [0.25, 0.3) is 0 Å². The highest BCUT2D eigenvalue weighted by molar-refractivity contribution is 7.80. The number of halogens is 2. The van der Waals surface area contributed by atoms with Crippen LogP contribution in [0, 0.1) is 11.8 Å². The Kier molecular flexibility index (Phi) is 23.2. The van der Waals surface area contributed by atoms with Crippen LogP contribution >= 0.6 is 35.4 Å². The number of hydrogen-bond acceptors (Lipinski definition) is 25. The zero-order chi connectivity index (χ0) is 72.7. The summed E-state index contributed by atoms with van der Waals surface area (Å²) in [5.74, 6) is -10.9. The van der Waals surface area contributed by atoms with Crippen molar-refractivity contribution in [2.45, 2.75) is 175 Å². The van der Waals surface area contributed by atoms with E-state index in [1.54, 1.807) is 0 Å². The van der Waals surface area contributed by atoms with Gasteiger partial charge in [0.15, 0.2) is 23.9 Å². The number of fused-ring (bicyclic) bond motifs is 15. The molecule has 7 heterocycles. The molecule has 3 aromatic rings. The Morgan fingerprint density at radius 3 is 2.00 bits per heavy atom. The first kappa shape index (κ1) is 75.1. The van der Waals surface area contributed by atoms with Gasteiger partial charge in [-0.25, -0.2) is 0 Å². The molecule has 3 saturated heterocycles. The van der Waals surface area contributed by atoms with Crippen LogP contribution in [0.2, 0.25) is 10.0 Å². The fourth-order valence-corrected chi connectivity index (χ4v) is 13.9. The number of nitrogens with one attached hydrogen (secondary N) is 7. The highest BCUT2D eigenvalue weighted by Gasteiger charge is 2.52.